The monoisotopic (exact) mass is 465 g/mol. The van der Waals surface area contributed by atoms with E-state index in [1.807, 2.05) is 6.92 Å². The van der Waals surface area contributed by atoms with Gasteiger partial charge in [0.05, 0.1) is 32.9 Å². The first-order valence-electron chi connectivity index (χ1n) is 7.78. The molecule has 0 spiro atoms. The van der Waals surface area contributed by atoms with Crippen molar-refractivity contribution in [2.24, 2.45) is 0 Å². The van der Waals surface area contributed by atoms with Crippen molar-refractivity contribution in [2.45, 2.75) is 6.92 Å². The Morgan fingerprint density at radius 3 is 2.21 bits per heavy atom. The molecule has 0 radical (unpaired) electrons. The van der Waals surface area contributed by atoms with Gasteiger partial charge >= 0.3 is 5.97 Å². The van der Waals surface area contributed by atoms with Crippen LogP contribution in [0.5, 0.6) is 11.5 Å². The average Bonchev–Trinajstić information content (AvgIpc) is 2.67. The van der Waals surface area contributed by atoms with Gasteiger partial charge in [-0.3, -0.25) is 4.79 Å². The molecule has 0 bridgehead atoms. The molecule has 0 aliphatic heterocycles. The van der Waals surface area contributed by atoms with Gasteiger partial charge in [0.15, 0.2) is 24.7 Å². The number of hydrogen-bond donors (Lipinski definition) is 1. The highest BCUT2D eigenvalue weighted by Crippen LogP contribution is 2.40. The second-order valence-electron chi connectivity index (χ2n) is 5.50. The molecule has 2 aromatic carbocycles. The molecule has 6 nitrogen and oxygen atoms in total. The van der Waals surface area contributed by atoms with Crippen molar-refractivity contribution in [1.82, 2.24) is 0 Å². The van der Waals surface area contributed by atoms with Gasteiger partial charge in [-0.05, 0) is 30.7 Å². The molecule has 2 aromatic rings. The predicted molar refractivity (Wildman–Crippen MR) is 109 cm³/mol. The summed E-state index contributed by atoms with van der Waals surface area (Å²) in [7, 11) is 1.49. The van der Waals surface area contributed by atoms with Gasteiger partial charge in [0.1, 0.15) is 0 Å². The van der Waals surface area contributed by atoms with E-state index in [0.717, 1.165) is 5.56 Å². The maximum atomic E-state index is 12.0. The van der Waals surface area contributed by atoms with Gasteiger partial charge in [-0.1, -0.05) is 52.5 Å². The highest BCUT2D eigenvalue weighted by atomic mass is 35.5. The third-order valence-corrected chi connectivity index (χ3v) is 4.98. The van der Waals surface area contributed by atoms with Crippen molar-refractivity contribution in [3.05, 3.63) is 49.9 Å². The normalized spacial score (nSPS) is 10.4. The number of carbonyl (C=O) groups excluding carboxylic acids is 2. The van der Waals surface area contributed by atoms with Crippen LogP contribution in [-0.4, -0.2) is 32.2 Å². The number of nitrogens with one attached hydrogen (secondary N) is 1. The van der Waals surface area contributed by atoms with Crippen molar-refractivity contribution in [3.8, 4) is 11.5 Å². The molecule has 2 rings (SSSR count). The Hall–Kier alpha value is -1.86. The lowest BCUT2D eigenvalue weighted by Gasteiger charge is -2.13. The minimum atomic E-state index is -0.751. The molecular weight excluding hydrogens is 452 g/mol. The highest BCUT2D eigenvalue weighted by Gasteiger charge is 2.17. The number of anilines is 1. The number of carbonyl (C=O) groups is 2. The van der Waals surface area contributed by atoms with Crippen LogP contribution in [-0.2, 0) is 14.3 Å². The average molecular weight is 467 g/mol. The number of hydrogen-bond acceptors (Lipinski definition) is 5. The van der Waals surface area contributed by atoms with E-state index < -0.39 is 25.1 Å². The van der Waals surface area contributed by atoms with Crippen LogP contribution in [0, 0.1) is 6.92 Å². The first-order chi connectivity index (χ1) is 13.2. The topological polar surface area (TPSA) is 73.9 Å². The Labute approximate surface area is 181 Å². The van der Waals surface area contributed by atoms with Crippen molar-refractivity contribution in [2.75, 3.05) is 25.6 Å². The van der Waals surface area contributed by atoms with Crippen LogP contribution in [0.1, 0.15) is 5.56 Å². The maximum absolute atomic E-state index is 12.0. The highest BCUT2D eigenvalue weighted by molar-refractivity contribution is 6.50. The summed E-state index contributed by atoms with van der Waals surface area (Å²) in [6.07, 6.45) is 0. The summed E-state index contributed by atoms with van der Waals surface area (Å²) in [5, 5.41) is 2.67. The van der Waals surface area contributed by atoms with Gasteiger partial charge in [0, 0.05) is 0 Å². The zero-order valence-corrected chi connectivity index (χ0v) is 17.8. The number of aryl methyl sites for hydroxylation is 1. The molecule has 0 aliphatic carbocycles. The molecule has 0 heterocycles. The van der Waals surface area contributed by atoms with Crippen LogP contribution < -0.4 is 14.8 Å². The van der Waals surface area contributed by atoms with Gasteiger partial charge in [-0.25, -0.2) is 4.79 Å². The molecule has 0 unspecified atom stereocenters. The predicted octanol–water partition coefficient (Wildman–Crippen LogP) is 5.18. The Balaban J connectivity index is 1.89. The summed E-state index contributed by atoms with van der Waals surface area (Å²) >= 11 is 23.8. The number of ether oxygens (including phenoxy) is 3. The van der Waals surface area contributed by atoms with E-state index in [-0.39, 0.29) is 25.8 Å². The summed E-state index contributed by atoms with van der Waals surface area (Å²) in [5.74, 6) is -0.572. The van der Waals surface area contributed by atoms with Crippen LogP contribution in [0.25, 0.3) is 0 Å². The Morgan fingerprint density at radius 2 is 1.61 bits per heavy atom. The molecule has 0 fully saturated rings. The van der Waals surface area contributed by atoms with Crippen molar-refractivity contribution < 1.29 is 23.8 Å². The summed E-state index contributed by atoms with van der Waals surface area (Å²) in [6.45, 7) is 0.909. The van der Waals surface area contributed by atoms with Crippen LogP contribution in [0.2, 0.25) is 20.1 Å². The van der Waals surface area contributed by atoms with Crippen molar-refractivity contribution >= 4 is 64.0 Å². The fourth-order valence-electron chi connectivity index (χ4n) is 2.08. The zero-order chi connectivity index (χ0) is 20.8. The first-order valence-corrected chi connectivity index (χ1v) is 9.30. The standard InChI is InChI=1S/C18H15Cl4NO5/c1-9-3-4-12(13(5-9)26-2)27-8-15(25)28-7-14(24)23-18-16(21)10(19)6-11(20)17(18)22/h3-6H,7-8H2,1-2H3,(H,23,24). The fraction of sp³-hybridized carbons (Fsp3) is 0.222. The summed E-state index contributed by atoms with van der Waals surface area (Å²) in [5.41, 5.74) is 1.00. The molecule has 28 heavy (non-hydrogen) atoms. The van der Waals surface area contributed by atoms with E-state index in [2.05, 4.69) is 5.32 Å². The fourth-order valence-corrected chi connectivity index (χ4v) is 2.98. The number of amides is 1. The SMILES string of the molecule is COc1cc(C)ccc1OCC(=O)OCC(=O)Nc1c(Cl)c(Cl)cc(Cl)c1Cl. The maximum Gasteiger partial charge on any atom is 0.344 e. The van der Waals surface area contributed by atoms with E-state index in [1.165, 1.54) is 13.2 Å². The van der Waals surface area contributed by atoms with Crippen molar-refractivity contribution in [3.63, 3.8) is 0 Å². The third kappa shape index (κ3) is 5.82. The van der Waals surface area contributed by atoms with Crippen molar-refractivity contribution in [1.29, 1.82) is 0 Å². The van der Waals surface area contributed by atoms with E-state index in [1.54, 1.807) is 18.2 Å². The second-order valence-corrected chi connectivity index (χ2v) is 7.07. The Kier molecular flexibility index (Phi) is 8.07. The molecule has 150 valence electrons. The largest absolute Gasteiger partial charge is 0.493 e. The molecule has 0 saturated carbocycles. The quantitative estimate of drug-likeness (QED) is 0.449. The van der Waals surface area contributed by atoms with Gasteiger partial charge in [0.2, 0.25) is 0 Å². The molecular formula is C18H15Cl4NO5. The minimum absolute atomic E-state index is 0.0190. The van der Waals surface area contributed by atoms with E-state index >= 15 is 0 Å². The number of esters is 1. The van der Waals surface area contributed by atoms with E-state index in [4.69, 9.17) is 60.6 Å². The van der Waals surface area contributed by atoms with Gasteiger partial charge in [-0.15, -0.1) is 0 Å². The Morgan fingerprint density at radius 1 is 0.964 bits per heavy atom. The van der Waals surface area contributed by atoms with Crippen LogP contribution in [0.3, 0.4) is 0 Å². The number of halogens is 4. The molecule has 1 amide bonds. The lowest BCUT2D eigenvalue weighted by molar-refractivity contribution is -0.149. The lowest BCUT2D eigenvalue weighted by Crippen LogP contribution is -2.24. The first kappa shape index (κ1) is 22.4. The number of methoxy groups -OCH3 is 1. The number of rotatable bonds is 7. The van der Waals surface area contributed by atoms with Gasteiger partial charge in [0.25, 0.3) is 5.91 Å². The molecule has 0 aromatic heterocycles. The summed E-state index contributed by atoms with van der Waals surface area (Å²) < 4.78 is 15.4. The Bertz CT molecular complexity index is 878. The van der Waals surface area contributed by atoms with E-state index in [9.17, 15) is 9.59 Å². The molecule has 10 heteroatoms. The van der Waals surface area contributed by atoms with Crippen LogP contribution >= 0.6 is 46.4 Å². The third-order valence-electron chi connectivity index (χ3n) is 3.41. The molecule has 0 atom stereocenters. The summed E-state index contributed by atoms with van der Waals surface area (Å²) in [6, 6.07) is 6.58. The van der Waals surface area contributed by atoms with Gasteiger partial charge in [-0.2, -0.15) is 0 Å². The lowest BCUT2D eigenvalue weighted by atomic mass is 10.2. The zero-order valence-electron chi connectivity index (χ0n) is 14.8. The van der Waals surface area contributed by atoms with Gasteiger partial charge < -0.3 is 19.5 Å². The summed E-state index contributed by atoms with van der Waals surface area (Å²) in [4.78, 5) is 23.8. The minimum Gasteiger partial charge on any atom is -0.493 e. The van der Waals surface area contributed by atoms with Crippen LogP contribution in [0.4, 0.5) is 5.69 Å². The molecule has 0 aliphatic rings. The number of benzene rings is 2. The smallest absolute Gasteiger partial charge is 0.344 e. The van der Waals surface area contributed by atoms with Crippen LogP contribution in [0.15, 0.2) is 24.3 Å². The molecule has 1 N–H and O–H groups in total. The van der Waals surface area contributed by atoms with E-state index in [0.29, 0.717) is 11.5 Å². The molecule has 0 saturated heterocycles. The second kappa shape index (κ2) is 10.1.